The van der Waals surface area contributed by atoms with Crippen LogP contribution in [0.15, 0.2) is 46.8 Å². The molecule has 0 aliphatic carbocycles. The van der Waals surface area contributed by atoms with Crippen molar-refractivity contribution in [1.29, 1.82) is 0 Å². The van der Waals surface area contributed by atoms with Crippen molar-refractivity contribution >= 4 is 27.5 Å². The zero-order valence-corrected chi connectivity index (χ0v) is 11.8. The zero-order valence-electron chi connectivity index (χ0n) is 10.9. The topological polar surface area (TPSA) is 90.0 Å². The largest absolute Gasteiger partial charge is 0.294 e. The molecule has 106 valence electrons. The van der Waals surface area contributed by atoms with Crippen LogP contribution < -0.4 is 16.8 Å². The fraction of sp³-hybridized carbons (Fsp3) is 0.0714. The molecule has 1 aromatic carbocycles. The molecule has 7 heteroatoms. The lowest BCUT2D eigenvalue weighted by Crippen LogP contribution is -2.29. The SMILES string of the molecule is NNC(=O)c1ccc(Cn2cnc3ccsc3c2=O)cc1. The van der Waals surface area contributed by atoms with E-state index >= 15 is 0 Å². The molecule has 0 unspecified atom stereocenters. The fourth-order valence-corrected chi connectivity index (χ4v) is 2.83. The lowest BCUT2D eigenvalue weighted by Gasteiger charge is -2.06. The van der Waals surface area contributed by atoms with Gasteiger partial charge in [-0.1, -0.05) is 12.1 Å². The van der Waals surface area contributed by atoms with Gasteiger partial charge in [0.25, 0.3) is 11.5 Å². The number of benzene rings is 1. The molecule has 6 nitrogen and oxygen atoms in total. The molecule has 21 heavy (non-hydrogen) atoms. The highest BCUT2D eigenvalue weighted by molar-refractivity contribution is 7.17. The molecular formula is C14H12N4O2S. The van der Waals surface area contributed by atoms with Crippen LogP contribution in [0.4, 0.5) is 0 Å². The Labute approximate surface area is 123 Å². The van der Waals surface area contributed by atoms with E-state index in [0.29, 0.717) is 16.8 Å². The maximum atomic E-state index is 12.3. The van der Waals surface area contributed by atoms with Gasteiger partial charge in [-0.05, 0) is 29.1 Å². The summed E-state index contributed by atoms with van der Waals surface area (Å²) >= 11 is 1.39. The number of aromatic nitrogens is 2. The van der Waals surface area contributed by atoms with Gasteiger partial charge < -0.3 is 0 Å². The van der Waals surface area contributed by atoms with Crippen LogP contribution in [0.3, 0.4) is 0 Å². The van der Waals surface area contributed by atoms with Gasteiger partial charge in [-0.2, -0.15) is 0 Å². The summed E-state index contributed by atoms with van der Waals surface area (Å²) in [5, 5.41) is 1.85. The summed E-state index contributed by atoms with van der Waals surface area (Å²) in [4.78, 5) is 27.9. The third kappa shape index (κ3) is 2.56. The number of hydrogen-bond donors (Lipinski definition) is 2. The van der Waals surface area contributed by atoms with Gasteiger partial charge in [-0.3, -0.25) is 19.6 Å². The standard InChI is InChI=1S/C14H12N4O2S/c15-17-13(19)10-3-1-9(2-4-10)7-18-8-16-11-5-6-21-12(11)14(18)20/h1-6,8H,7,15H2,(H,17,19). The van der Waals surface area contributed by atoms with E-state index < -0.39 is 0 Å². The molecule has 0 radical (unpaired) electrons. The Kier molecular flexibility index (Phi) is 3.51. The molecule has 0 saturated heterocycles. The van der Waals surface area contributed by atoms with Crippen LogP contribution in [0.2, 0.25) is 0 Å². The van der Waals surface area contributed by atoms with E-state index in [-0.39, 0.29) is 11.5 Å². The number of rotatable bonds is 3. The van der Waals surface area contributed by atoms with Crippen molar-refractivity contribution in [2.24, 2.45) is 5.84 Å². The third-order valence-electron chi connectivity index (χ3n) is 3.14. The number of nitrogens with one attached hydrogen (secondary N) is 1. The second-order valence-corrected chi connectivity index (χ2v) is 5.40. The van der Waals surface area contributed by atoms with Crippen LogP contribution in [-0.2, 0) is 6.54 Å². The van der Waals surface area contributed by atoms with Crippen LogP contribution in [-0.4, -0.2) is 15.5 Å². The molecule has 0 atom stereocenters. The third-order valence-corrected chi connectivity index (χ3v) is 4.03. The number of nitrogens with zero attached hydrogens (tertiary/aromatic N) is 2. The average Bonchev–Trinajstić information content (AvgIpc) is 2.99. The first-order valence-corrected chi connectivity index (χ1v) is 7.09. The van der Waals surface area contributed by atoms with E-state index in [0.717, 1.165) is 11.1 Å². The Hall–Kier alpha value is -2.51. The number of fused-ring (bicyclic) bond motifs is 1. The predicted molar refractivity (Wildman–Crippen MR) is 81.1 cm³/mol. The summed E-state index contributed by atoms with van der Waals surface area (Å²) in [7, 11) is 0. The van der Waals surface area contributed by atoms with E-state index in [9.17, 15) is 9.59 Å². The lowest BCUT2D eigenvalue weighted by atomic mass is 10.1. The fourth-order valence-electron chi connectivity index (χ4n) is 2.03. The number of nitrogen functional groups attached to an aromatic ring is 1. The van der Waals surface area contributed by atoms with Gasteiger partial charge in [0.1, 0.15) is 4.70 Å². The van der Waals surface area contributed by atoms with Gasteiger partial charge in [-0.25, -0.2) is 10.8 Å². The molecule has 0 aliphatic heterocycles. The van der Waals surface area contributed by atoms with E-state index in [4.69, 9.17) is 5.84 Å². The Bertz CT molecular complexity index is 851. The van der Waals surface area contributed by atoms with Gasteiger partial charge in [0, 0.05) is 5.56 Å². The molecular weight excluding hydrogens is 288 g/mol. The minimum Gasteiger partial charge on any atom is -0.294 e. The van der Waals surface area contributed by atoms with E-state index in [1.54, 1.807) is 28.8 Å². The van der Waals surface area contributed by atoms with Gasteiger partial charge in [0.2, 0.25) is 0 Å². The molecule has 0 saturated carbocycles. The smallest absolute Gasteiger partial charge is 0.271 e. The Morgan fingerprint density at radius 1 is 1.29 bits per heavy atom. The number of hydrazine groups is 1. The molecule has 3 rings (SSSR count). The first-order valence-electron chi connectivity index (χ1n) is 6.21. The van der Waals surface area contributed by atoms with Crippen LogP contribution >= 0.6 is 11.3 Å². The summed E-state index contributed by atoms with van der Waals surface area (Å²) in [6.07, 6.45) is 1.54. The first kappa shape index (κ1) is 13.5. The van der Waals surface area contributed by atoms with E-state index in [1.165, 1.54) is 17.7 Å². The van der Waals surface area contributed by atoms with Crippen molar-refractivity contribution in [3.8, 4) is 0 Å². The molecule has 3 N–H and O–H groups in total. The van der Waals surface area contributed by atoms with Crippen LogP contribution in [0.5, 0.6) is 0 Å². The van der Waals surface area contributed by atoms with Crippen LogP contribution in [0.1, 0.15) is 15.9 Å². The molecule has 0 fully saturated rings. The molecule has 0 aliphatic rings. The van der Waals surface area contributed by atoms with Crippen molar-refractivity contribution in [2.45, 2.75) is 6.54 Å². The summed E-state index contributed by atoms with van der Waals surface area (Å²) in [5.74, 6) is 4.73. The van der Waals surface area contributed by atoms with Crippen molar-refractivity contribution < 1.29 is 4.79 Å². The van der Waals surface area contributed by atoms with Gasteiger partial charge >= 0.3 is 0 Å². The molecule has 0 bridgehead atoms. The molecule has 2 heterocycles. The Balaban J connectivity index is 1.90. The highest BCUT2D eigenvalue weighted by Crippen LogP contribution is 2.13. The second kappa shape index (κ2) is 5.47. The number of hydrogen-bond acceptors (Lipinski definition) is 5. The number of thiophene rings is 1. The molecule has 1 amide bonds. The maximum Gasteiger partial charge on any atom is 0.271 e. The highest BCUT2D eigenvalue weighted by atomic mass is 32.1. The van der Waals surface area contributed by atoms with Gasteiger partial charge in [-0.15, -0.1) is 11.3 Å². The quantitative estimate of drug-likeness (QED) is 0.431. The first-order chi connectivity index (χ1) is 10.2. The number of carbonyl (C=O) groups is 1. The van der Waals surface area contributed by atoms with Gasteiger partial charge in [0.05, 0.1) is 18.4 Å². The summed E-state index contributed by atoms with van der Waals surface area (Å²) in [6.45, 7) is 0.407. The van der Waals surface area contributed by atoms with E-state index in [1.807, 2.05) is 11.4 Å². The minimum atomic E-state index is -0.347. The van der Waals surface area contributed by atoms with Crippen LogP contribution in [0, 0.1) is 0 Å². The zero-order chi connectivity index (χ0) is 14.8. The summed E-state index contributed by atoms with van der Waals surface area (Å²) in [6, 6.07) is 8.73. The van der Waals surface area contributed by atoms with Crippen molar-refractivity contribution in [2.75, 3.05) is 0 Å². The average molecular weight is 300 g/mol. The Morgan fingerprint density at radius 3 is 2.76 bits per heavy atom. The maximum absolute atomic E-state index is 12.3. The number of amides is 1. The predicted octanol–water partition coefficient (Wildman–Crippen LogP) is 1.11. The van der Waals surface area contributed by atoms with Crippen molar-refractivity contribution in [1.82, 2.24) is 15.0 Å². The number of carbonyl (C=O) groups excluding carboxylic acids is 1. The molecule has 3 aromatic rings. The van der Waals surface area contributed by atoms with Crippen LogP contribution in [0.25, 0.3) is 10.2 Å². The summed E-state index contributed by atoms with van der Waals surface area (Å²) in [5.41, 5.74) is 4.11. The van der Waals surface area contributed by atoms with E-state index in [2.05, 4.69) is 10.4 Å². The lowest BCUT2D eigenvalue weighted by molar-refractivity contribution is 0.0953. The van der Waals surface area contributed by atoms with Crippen molar-refractivity contribution in [3.05, 3.63) is 63.5 Å². The molecule has 0 spiro atoms. The van der Waals surface area contributed by atoms with Gasteiger partial charge in [0.15, 0.2) is 0 Å². The van der Waals surface area contributed by atoms with Crippen molar-refractivity contribution in [3.63, 3.8) is 0 Å². The second-order valence-electron chi connectivity index (χ2n) is 4.48. The summed E-state index contributed by atoms with van der Waals surface area (Å²) < 4.78 is 2.20. The molecule has 2 aromatic heterocycles. The normalized spacial score (nSPS) is 10.7. The Morgan fingerprint density at radius 2 is 2.05 bits per heavy atom. The number of nitrogens with two attached hydrogens (primary N) is 1. The minimum absolute atomic E-state index is 0.0567. The monoisotopic (exact) mass is 300 g/mol. The highest BCUT2D eigenvalue weighted by Gasteiger charge is 2.07.